The number of benzene rings is 2. The van der Waals surface area contributed by atoms with Crippen molar-refractivity contribution in [3.63, 3.8) is 0 Å². The highest BCUT2D eigenvalue weighted by Gasteiger charge is 2.16. The molecule has 2 heterocycles. The lowest BCUT2D eigenvalue weighted by Crippen LogP contribution is -2.15. The highest BCUT2D eigenvalue weighted by atomic mass is 32.2. The fourth-order valence-corrected chi connectivity index (χ4v) is 4.09. The topological polar surface area (TPSA) is 59.8 Å². The number of amides is 1. The number of carbonyl (C=O) groups is 1. The summed E-state index contributed by atoms with van der Waals surface area (Å²) >= 11 is 1.61. The number of nitrogens with zero attached hydrogens (tertiary/aromatic N) is 3. The highest BCUT2D eigenvalue weighted by molar-refractivity contribution is 8.00. The second-order valence-electron chi connectivity index (χ2n) is 6.42. The van der Waals surface area contributed by atoms with Gasteiger partial charge in [-0.3, -0.25) is 4.79 Å². The number of thioether (sulfide) groups is 1. The van der Waals surface area contributed by atoms with Crippen LogP contribution in [0.1, 0.15) is 16.4 Å². The zero-order chi connectivity index (χ0) is 19.9. The molecule has 1 amide bonds. The summed E-state index contributed by atoms with van der Waals surface area (Å²) in [6.45, 7) is 0. The third-order valence-electron chi connectivity index (χ3n) is 4.36. The van der Waals surface area contributed by atoms with Crippen LogP contribution in [-0.2, 0) is 4.79 Å². The van der Waals surface area contributed by atoms with Crippen molar-refractivity contribution in [1.82, 2.24) is 14.8 Å². The van der Waals surface area contributed by atoms with Crippen LogP contribution in [0.4, 0.5) is 5.69 Å². The van der Waals surface area contributed by atoms with E-state index < -0.39 is 0 Å². The zero-order valence-corrected chi connectivity index (χ0v) is 16.5. The first-order valence-electron chi connectivity index (χ1n) is 9.27. The molecule has 0 aliphatic rings. The van der Waals surface area contributed by atoms with Gasteiger partial charge in [0.25, 0.3) is 0 Å². The number of pyridine rings is 1. The van der Waals surface area contributed by atoms with E-state index >= 15 is 0 Å². The quantitative estimate of drug-likeness (QED) is 0.487. The second kappa shape index (κ2) is 9.21. The lowest BCUT2D eigenvalue weighted by molar-refractivity contribution is -0.113. The summed E-state index contributed by atoms with van der Waals surface area (Å²) < 4.78 is 1.67. The van der Waals surface area contributed by atoms with Gasteiger partial charge in [0.15, 0.2) is 5.82 Å². The summed E-state index contributed by atoms with van der Waals surface area (Å²) in [5.41, 5.74) is 3.03. The van der Waals surface area contributed by atoms with Gasteiger partial charge in [-0.1, -0.05) is 60.7 Å². The van der Waals surface area contributed by atoms with E-state index in [-0.39, 0.29) is 11.2 Å². The second-order valence-corrected chi connectivity index (χ2v) is 7.51. The fraction of sp³-hybridized carbons (Fsp3) is 0.0870. The molecule has 0 bridgehead atoms. The van der Waals surface area contributed by atoms with Crippen LogP contribution in [0, 0.1) is 0 Å². The summed E-state index contributed by atoms with van der Waals surface area (Å²) in [6.07, 6.45) is 5.17. The molecule has 0 aliphatic heterocycles. The van der Waals surface area contributed by atoms with E-state index in [1.165, 1.54) is 11.1 Å². The predicted molar refractivity (Wildman–Crippen MR) is 117 cm³/mol. The van der Waals surface area contributed by atoms with Gasteiger partial charge in [0.1, 0.15) is 0 Å². The molecule has 0 unspecified atom stereocenters. The van der Waals surface area contributed by atoms with Crippen molar-refractivity contribution in [1.29, 1.82) is 0 Å². The maximum Gasteiger partial charge on any atom is 0.234 e. The lowest BCUT2D eigenvalue weighted by Gasteiger charge is -2.17. The molecule has 0 atom stereocenters. The first-order chi connectivity index (χ1) is 14.3. The molecule has 5 nitrogen and oxygen atoms in total. The smallest absolute Gasteiger partial charge is 0.234 e. The first-order valence-corrected chi connectivity index (χ1v) is 10.3. The third kappa shape index (κ3) is 4.92. The number of nitrogens with one attached hydrogen (secondary N) is 1. The summed E-state index contributed by atoms with van der Waals surface area (Å²) in [5, 5.41) is 7.17. The van der Waals surface area contributed by atoms with Crippen LogP contribution in [0.2, 0.25) is 0 Å². The summed E-state index contributed by atoms with van der Waals surface area (Å²) in [5.74, 6) is 0.992. The van der Waals surface area contributed by atoms with E-state index in [4.69, 9.17) is 0 Å². The standard InChI is InChI=1S/C23H20N4OS/c28-22(26-20-12-13-21(24-16-20)27-15-7-14-25-27)17-29-23(18-8-3-1-4-9-18)19-10-5-2-6-11-19/h1-16,23H,17H2,(H,26,28). The van der Waals surface area contributed by atoms with E-state index in [9.17, 15) is 4.79 Å². The van der Waals surface area contributed by atoms with Crippen molar-refractivity contribution in [3.8, 4) is 5.82 Å². The minimum Gasteiger partial charge on any atom is -0.324 e. The van der Waals surface area contributed by atoms with Gasteiger partial charge in [0.2, 0.25) is 5.91 Å². The maximum absolute atomic E-state index is 12.5. The van der Waals surface area contributed by atoms with Crippen molar-refractivity contribution in [2.24, 2.45) is 0 Å². The Morgan fingerprint density at radius 2 is 1.62 bits per heavy atom. The fourth-order valence-electron chi connectivity index (χ4n) is 3.00. The molecule has 6 heteroatoms. The SMILES string of the molecule is O=C(CSC(c1ccccc1)c1ccccc1)Nc1ccc(-n2cccn2)nc1. The molecule has 0 radical (unpaired) electrons. The van der Waals surface area contributed by atoms with Gasteiger partial charge >= 0.3 is 0 Å². The Labute approximate surface area is 173 Å². The van der Waals surface area contributed by atoms with Crippen molar-refractivity contribution in [3.05, 3.63) is 109 Å². The Balaban J connectivity index is 1.40. The average Bonchev–Trinajstić information content (AvgIpc) is 3.31. The predicted octanol–water partition coefficient (Wildman–Crippen LogP) is 4.73. The Kier molecular flexibility index (Phi) is 6.02. The number of rotatable bonds is 7. The van der Waals surface area contributed by atoms with Crippen molar-refractivity contribution in [2.45, 2.75) is 5.25 Å². The molecule has 0 aliphatic carbocycles. The van der Waals surface area contributed by atoms with Crippen LogP contribution in [0.25, 0.3) is 5.82 Å². The van der Waals surface area contributed by atoms with Crippen molar-refractivity contribution < 1.29 is 4.79 Å². The van der Waals surface area contributed by atoms with Crippen molar-refractivity contribution in [2.75, 3.05) is 11.1 Å². The van der Waals surface area contributed by atoms with E-state index in [0.29, 0.717) is 17.3 Å². The number of carbonyl (C=O) groups excluding carboxylic acids is 1. The van der Waals surface area contributed by atoms with Crippen LogP contribution >= 0.6 is 11.8 Å². The Morgan fingerprint density at radius 1 is 0.931 bits per heavy atom. The van der Waals surface area contributed by atoms with Gasteiger partial charge in [-0.05, 0) is 29.3 Å². The maximum atomic E-state index is 12.5. The Morgan fingerprint density at radius 3 is 2.17 bits per heavy atom. The molecule has 2 aromatic heterocycles. The molecule has 1 N–H and O–H groups in total. The number of aromatic nitrogens is 3. The molecule has 29 heavy (non-hydrogen) atoms. The minimum atomic E-state index is -0.0551. The normalized spacial score (nSPS) is 10.8. The highest BCUT2D eigenvalue weighted by Crippen LogP contribution is 2.35. The minimum absolute atomic E-state index is 0.0551. The number of hydrogen-bond donors (Lipinski definition) is 1. The average molecular weight is 401 g/mol. The molecule has 0 saturated carbocycles. The molecule has 144 valence electrons. The molecule has 0 spiro atoms. The van der Waals surface area contributed by atoms with Gasteiger partial charge in [-0.25, -0.2) is 9.67 Å². The Hall–Kier alpha value is -3.38. The zero-order valence-electron chi connectivity index (χ0n) is 15.7. The first kappa shape index (κ1) is 19.0. The summed E-state index contributed by atoms with van der Waals surface area (Å²) in [6, 6.07) is 26.0. The van der Waals surface area contributed by atoms with Crippen LogP contribution in [0.3, 0.4) is 0 Å². The summed E-state index contributed by atoms with van der Waals surface area (Å²) in [7, 11) is 0. The van der Waals surface area contributed by atoms with Crippen LogP contribution < -0.4 is 5.32 Å². The van der Waals surface area contributed by atoms with Gasteiger partial charge in [0.05, 0.1) is 22.9 Å². The van der Waals surface area contributed by atoms with E-state index in [1.54, 1.807) is 28.8 Å². The third-order valence-corrected chi connectivity index (χ3v) is 5.66. The number of hydrogen-bond acceptors (Lipinski definition) is 4. The van der Waals surface area contributed by atoms with E-state index in [0.717, 1.165) is 0 Å². The molecule has 0 fully saturated rings. The monoisotopic (exact) mass is 400 g/mol. The van der Waals surface area contributed by atoms with E-state index in [2.05, 4.69) is 39.7 Å². The number of anilines is 1. The molecular weight excluding hydrogens is 380 g/mol. The van der Waals surface area contributed by atoms with Crippen LogP contribution in [-0.4, -0.2) is 26.4 Å². The van der Waals surface area contributed by atoms with Crippen LogP contribution in [0.15, 0.2) is 97.5 Å². The largest absolute Gasteiger partial charge is 0.324 e. The molecule has 2 aromatic carbocycles. The van der Waals surface area contributed by atoms with Gasteiger partial charge in [-0.2, -0.15) is 5.10 Å². The van der Waals surface area contributed by atoms with E-state index in [1.807, 2.05) is 60.8 Å². The molecule has 4 rings (SSSR count). The lowest BCUT2D eigenvalue weighted by atomic mass is 10.0. The van der Waals surface area contributed by atoms with Crippen molar-refractivity contribution >= 4 is 23.4 Å². The van der Waals surface area contributed by atoms with Crippen LogP contribution in [0.5, 0.6) is 0 Å². The van der Waals surface area contributed by atoms with Gasteiger partial charge < -0.3 is 5.32 Å². The van der Waals surface area contributed by atoms with Gasteiger partial charge in [0, 0.05) is 12.4 Å². The van der Waals surface area contributed by atoms with Gasteiger partial charge in [-0.15, -0.1) is 11.8 Å². The molecule has 0 saturated heterocycles. The Bertz CT molecular complexity index is 996. The molecular formula is C23H20N4OS. The molecule has 4 aromatic rings. The summed E-state index contributed by atoms with van der Waals surface area (Å²) in [4.78, 5) is 16.9.